The van der Waals surface area contributed by atoms with Gasteiger partial charge in [-0.05, 0) is 18.1 Å². The summed E-state index contributed by atoms with van der Waals surface area (Å²) in [6, 6.07) is 6.46. The molecule has 1 aromatic carbocycles. The van der Waals surface area contributed by atoms with Crippen molar-refractivity contribution in [1.82, 2.24) is 0 Å². The van der Waals surface area contributed by atoms with E-state index in [4.69, 9.17) is 5.26 Å². The molecule has 0 aromatic heterocycles. The van der Waals surface area contributed by atoms with Crippen molar-refractivity contribution < 1.29 is 4.92 Å². The van der Waals surface area contributed by atoms with E-state index < -0.39 is 4.92 Å². The third-order valence-electron chi connectivity index (χ3n) is 2.38. The number of nitro groups is 1. The zero-order chi connectivity index (χ0) is 13.0. The number of hydrogen-bond acceptors (Lipinski definition) is 4. The Hall–Kier alpha value is -2.09. The van der Waals surface area contributed by atoms with Gasteiger partial charge in [0.2, 0.25) is 0 Å². The van der Waals surface area contributed by atoms with E-state index in [1.807, 2.05) is 18.0 Å². The second kappa shape index (κ2) is 5.30. The minimum absolute atomic E-state index is 0.100. The van der Waals surface area contributed by atoms with Gasteiger partial charge in [-0.2, -0.15) is 5.26 Å². The van der Waals surface area contributed by atoms with Gasteiger partial charge in [-0.3, -0.25) is 10.1 Å². The fourth-order valence-electron chi connectivity index (χ4n) is 1.66. The third-order valence-corrected chi connectivity index (χ3v) is 2.38. The predicted octanol–water partition coefficient (Wildman–Crippen LogP) is 2.56. The highest BCUT2D eigenvalue weighted by Crippen LogP contribution is 2.24. The lowest BCUT2D eigenvalue weighted by Gasteiger charge is -2.21. The van der Waals surface area contributed by atoms with Crippen molar-refractivity contribution in [3.63, 3.8) is 0 Å². The van der Waals surface area contributed by atoms with Crippen LogP contribution in [0.2, 0.25) is 0 Å². The average molecular weight is 233 g/mol. The first-order valence-electron chi connectivity index (χ1n) is 5.35. The van der Waals surface area contributed by atoms with Crippen LogP contribution in [0.4, 0.5) is 11.4 Å². The highest BCUT2D eigenvalue weighted by molar-refractivity contribution is 5.59. The van der Waals surface area contributed by atoms with Crippen LogP contribution in [-0.2, 0) is 0 Å². The Labute approximate surface area is 100 Å². The van der Waals surface area contributed by atoms with Gasteiger partial charge in [0.25, 0.3) is 5.69 Å². The Kier molecular flexibility index (Phi) is 4.05. The molecule has 1 rings (SSSR count). The maximum atomic E-state index is 10.7. The summed E-state index contributed by atoms with van der Waals surface area (Å²) in [5, 5.41) is 19.6. The van der Waals surface area contributed by atoms with Gasteiger partial charge in [0, 0.05) is 25.3 Å². The van der Waals surface area contributed by atoms with Crippen LogP contribution in [0, 0.1) is 27.4 Å². The molecule has 1 aromatic rings. The number of nitriles is 1. The highest BCUT2D eigenvalue weighted by atomic mass is 16.6. The monoisotopic (exact) mass is 233 g/mol. The first-order valence-corrected chi connectivity index (χ1v) is 5.35. The van der Waals surface area contributed by atoms with Crippen LogP contribution in [0.3, 0.4) is 0 Å². The van der Waals surface area contributed by atoms with Crippen LogP contribution in [0.15, 0.2) is 18.2 Å². The third kappa shape index (κ3) is 3.18. The molecule has 0 spiro atoms. The standard InChI is InChI=1S/C12H15N3O2/c1-9(2)8-14(3)11-4-5-12(15(16)17)10(6-11)7-13/h4-6,9H,8H2,1-3H3. The van der Waals surface area contributed by atoms with Crippen molar-refractivity contribution in [2.75, 3.05) is 18.5 Å². The van der Waals surface area contributed by atoms with Crippen LogP contribution < -0.4 is 4.90 Å². The van der Waals surface area contributed by atoms with Gasteiger partial charge in [0.15, 0.2) is 0 Å². The molecule has 0 saturated heterocycles. The summed E-state index contributed by atoms with van der Waals surface area (Å²) in [5.41, 5.74) is 0.776. The predicted molar refractivity (Wildman–Crippen MR) is 65.9 cm³/mol. The molecule has 0 aliphatic rings. The van der Waals surface area contributed by atoms with E-state index in [2.05, 4.69) is 13.8 Å². The summed E-state index contributed by atoms with van der Waals surface area (Å²) in [4.78, 5) is 12.1. The fourth-order valence-corrected chi connectivity index (χ4v) is 1.66. The maximum Gasteiger partial charge on any atom is 0.287 e. The van der Waals surface area contributed by atoms with E-state index in [-0.39, 0.29) is 11.3 Å². The number of benzene rings is 1. The van der Waals surface area contributed by atoms with Crippen molar-refractivity contribution >= 4 is 11.4 Å². The summed E-state index contributed by atoms with van der Waals surface area (Å²) in [7, 11) is 1.91. The molecular weight excluding hydrogens is 218 g/mol. The molecule has 0 heterocycles. The minimum atomic E-state index is -0.537. The highest BCUT2D eigenvalue weighted by Gasteiger charge is 2.15. The zero-order valence-electron chi connectivity index (χ0n) is 10.2. The molecule has 5 nitrogen and oxygen atoms in total. The lowest BCUT2D eigenvalue weighted by molar-refractivity contribution is -0.385. The van der Waals surface area contributed by atoms with E-state index in [1.54, 1.807) is 12.1 Å². The molecule has 0 saturated carbocycles. The van der Waals surface area contributed by atoms with Crippen molar-refractivity contribution in [3.05, 3.63) is 33.9 Å². The number of anilines is 1. The average Bonchev–Trinajstić information content (AvgIpc) is 2.27. The molecule has 0 amide bonds. The molecule has 0 aliphatic heterocycles. The normalized spacial score (nSPS) is 10.1. The molecule has 0 fully saturated rings. The van der Waals surface area contributed by atoms with Crippen LogP contribution in [-0.4, -0.2) is 18.5 Å². The smallest absolute Gasteiger partial charge is 0.287 e. The van der Waals surface area contributed by atoms with Gasteiger partial charge in [-0.1, -0.05) is 13.8 Å². The largest absolute Gasteiger partial charge is 0.374 e. The molecule has 5 heteroatoms. The molecule has 0 atom stereocenters. The van der Waals surface area contributed by atoms with Crippen LogP contribution in [0.5, 0.6) is 0 Å². The number of hydrogen-bond donors (Lipinski definition) is 0. The first kappa shape index (κ1) is 13.0. The molecular formula is C12H15N3O2. The quantitative estimate of drug-likeness (QED) is 0.592. The van der Waals surface area contributed by atoms with E-state index >= 15 is 0 Å². The minimum Gasteiger partial charge on any atom is -0.374 e. The van der Waals surface area contributed by atoms with E-state index in [0.717, 1.165) is 12.2 Å². The summed E-state index contributed by atoms with van der Waals surface area (Å²) in [5.74, 6) is 0.487. The van der Waals surface area contributed by atoms with Crippen molar-refractivity contribution in [3.8, 4) is 6.07 Å². The lowest BCUT2D eigenvalue weighted by Crippen LogP contribution is -2.22. The number of rotatable bonds is 4. The maximum absolute atomic E-state index is 10.7. The van der Waals surface area contributed by atoms with E-state index in [1.165, 1.54) is 6.07 Å². The van der Waals surface area contributed by atoms with Crippen molar-refractivity contribution in [2.45, 2.75) is 13.8 Å². The van der Waals surface area contributed by atoms with Gasteiger partial charge in [0.05, 0.1) is 4.92 Å². The second-order valence-electron chi connectivity index (χ2n) is 4.34. The van der Waals surface area contributed by atoms with Crippen LogP contribution >= 0.6 is 0 Å². The number of nitrogens with zero attached hydrogens (tertiary/aromatic N) is 3. The van der Waals surface area contributed by atoms with Gasteiger partial charge in [-0.15, -0.1) is 0 Å². The Balaban J connectivity index is 3.06. The summed E-state index contributed by atoms with van der Waals surface area (Å²) >= 11 is 0. The van der Waals surface area contributed by atoms with Gasteiger partial charge < -0.3 is 4.90 Å². The molecule has 90 valence electrons. The molecule has 0 aliphatic carbocycles. The molecule has 0 bridgehead atoms. The van der Waals surface area contributed by atoms with E-state index in [0.29, 0.717) is 5.92 Å². The van der Waals surface area contributed by atoms with Gasteiger partial charge in [-0.25, -0.2) is 0 Å². The molecule has 0 unspecified atom stereocenters. The van der Waals surface area contributed by atoms with Crippen molar-refractivity contribution in [1.29, 1.82) is 5.26 Å². The molecule has 0 radical (unpaired) electrons. The van der Waals surface area contributed by atoms with Crippen LogP contribution in [0.1, 0.15) is 19.4 Å². The zero-order valence-corrected chi connectivity index (χ0v) is 10.2. The Bertz CT molecular complexity index is 463. The SMILES string of the molecule is CC(C)CN(C)c1ccc([N+](=O)[O-])c(C#N)c1. The van der Waals surface area contributed by atoms with Gasteiger partial charge in [0.1, 0.15) is 11.6 Å². The summed E-state index contributed by atoms with van der Waals surface area (Å²) in [6.07, 6.45) is 0. The number of nitro benzene ring substituents is 1. The fraction of sp³-hybridized carbons (Fsp3) is 0.417. The Morgan fingerprint density at radius 3 is 2.65 bits per heavy atom. The Morgan fingerprint density at radius 1 is 1.53 bits per heavy atom. The first-order chi connectivity index (χ1) is 7.95. The molecule has 17 heavy (non-hydrogen) atoms. The van der Waals surface area contributed by atoms with E-state index in [9.17, 15) is 10.1 Å². The van der Waals surface area contributed by atoms with Crippen molar-refractivity contribution in [2.24, 2.45) is 5.92 Å². The topological polar surface area (TPSA) is 70.2 Å². The van der Waals surface area contributed by atoms with Gasteiger partial charge >= 0.3 is 0 Å². The summed E-state index contributed by atoms with van der Waals surface area (Å²) < 4.78 is 0. The Morgan fingerprint density at radius 2 is 2.18 bits per heavy atom. The summed E-state index contributed by atoms with van der Waals surface area (Å²) in [6.45, 7) is 5.02. The van der Waals surface area contributed by atoms with Crippen LogP contribution in [0.25, 0.3) is 0 Å². The molecule has 0 N–H and O–H groups in total. The lowest BCUT2D eigenvalue weighted by atomic mass is 10.1. The second-order valence-corrected chi connectivity index (χ2v) is 4.34.